The molecule has 0 saturated heterocycles. The normalized spacial score (nSPS) is 12.3. The van der Waals surface area contributed by atoms with Crippen molar-refractivity contribution >= 4 is 33.2 Å². The minimum absolute atomic E-state index is 0.144. The predicted molar refractivity (Wildman–Crippen MR) is 82.3 cm³/mol. The van der Waals surface area contributed by atoms with Crippen LogP contribution < -0.4 is 5.32 Å². The monoisotopic (exact) mass is 341 g/mol. The Morgan fingerprint density at radius 2 is 1.95 bits per heavy atom. The highest BCUT2D eigenvalue weighted by Gasteiger charge is 2.12. The number of anilines is 1. The van der Waals surface area contributed by atoms with Gasteiger partial charge in [0.15, 0.2) is 0 Å². The number of hydrogen-bond acceptors (Lipinski definition) is 1. The maximum Gasteiger partial charge on any atom is 0.128 e. The zero-order valence-corrected chi connectivity index (χ0v) is 13.0. The largest absolute Gasteiger partial charge is 0.378 e. The number of rotatable bonds is 3. The molecule has 2 rings (SSSR count). The topological polar surface area (TPSA) is 12.0 Å². The molecule has 2 aromatic carbocycles. The number of nitrogens with one attached hydrogen (secondary N) is 1. The minimum Gasteiger partial charge on any atom is -0.378 e. The maximum absolute atomic E-state index is 13.8. The van der Waals surface area contributed by atoms with Crippen molar-refractivity contribution < 1.29 is 4.39 Å². The van der Waals surface area contributed by atoms with Crippen LogP contribution in [0.3, 0.4) is 0 Å². The van der Waals surface area contributed by atoms with Crippen LogP contribution in [0.15, 0.2) is 40.9 Å². The van der Waals surface area contributed by atoms with Crippen molar-refractivity contribution in [3.05, 3.63) is 62.8 Å². The van der Waals surface area contributed by atoms with Crippen molar-refractivity contribution in [1.82, 2.24) is 0 Å². The first-order valence-corrected chi connectivity index (χ1v) is 7.12. The van der Waals surface area contributed by atoms with Crippen LogP contribution in [0.4, 0.5) is 10.1 Å². The summed E-state index contributed by atoms with van der Waals surface area (Å²) in [4.78, 5) is 0. The second-order valence-electron chi connectivity index (χ2n) is 4.49. The Labute approximate surface area is 125 Å². The van der Waals surface area contributed by atoms with E-state index in [1.165, 1.54) is 6.07 Å². The fourth-order valence-electron chi connectivity index (χ4n) is 1.91. The van der Waals surface area contributed by atoms with Crippen LogP contribution in [0.25, 0.3) is 0 Å². The third-order valence-corrected chi connectivity index (χ3v) is 3.72. The van der Waals surface area contributed by atoms with E-state index in [0.29, 0.717) is 10.6 Å². The van der Waals surface area contributed by atoms with Gasteiger partial charge in [-0.3, -0.25) is 0 Å². The lowest BCUT2D eigenvalue weighted by Gasteiger charge is -2.18. The second-order valence-corrected chi connectivity index (χ2v) is 5.84. The summed E-state index contributed by atoms with van der Waals surface area (Å²) in [5.41, 5.74) is 2.61. The third kappa shape index (κ3) is 3.48. The van der Waals surface area contributed by atoms with Crippen molar-refractivity contribution in [1.29, 1.82) is 0 Å². The van der Waals surface area contributed by atoms with Crippen LogP contribution in [-0.2, 0) is 0 Å². The predicted octanol–water partition coefficient (Wildman–Crippen LogP) is 5.72. The fraction of sp³-hybridized carbons (Fsp3) is 0.200. The number of halogens is 3. The van der Waals surface area contributed by atoms with E-state index in [2.05, 4.69) is 21.2 Å². The summed E-state index contributed by atoms with van der Waals surface area (Å²) in [5, 5.41) is 3.95. The van der Waals surface area contributed by atoms with E-state index in [1.807, 2.05) is 32.0 Å². The van der Waals surface area contributed by atoms with Gasteiger partial charge in [0.25, 0.3) is 0 Å². The average molecular weight is 343 g/mol. The molecule has 0 aliphatic carbocycles. The van der Waals surface area contributed by atoms with Gasteiger partial charge in [0.1, 0.15) is 5.82 Å². The molecule has 1 unspecified atom stereocenters. The van der Waals surface area contributed by atoms with Gasteiger partial charge in [-0.25, -0.2) is 4.39 Å². The molecule has 0 radical (unpaired) electrons. The summed E-state index contributed by atoms with van der Waals surface area (Å²) >= 11 is 9.34. The van der Waals surface area contributed by atoms with Gasteiger partial charge in [0.05, 0.1) is 6.04 Å². The Morgan fingerprint density at radius 3 is 2.68 bits per heavy atom. The Hall–Kier alpha value is -1.06. The molecule has 1 atom stereocenters. The Balaban J connectivity index is 2.27. The van der Waals surface area contributed by atoms with E-state index in [-0.39, 0.29) is 11.9 Å². The molecule has 4 heteroatoms. The van der Waals surface area contributed by atoms with E-state index in [9.17, 15) is 4.39 Å². The van der Waals surface area contributed by atoms with Gasteiger partial charge >= 0.3 is 0 Å². The van der Waals surface area contributed by atoms with E-state index >= 15 is 0 Å². The molecular weight excluding hydrogens is 329 g/mol. The Kier molecular flexibility index (Phi) is 4.48. The molecule has 0 saturated carbocycles. The smallest absolute Gasteiger partial charge is 0.128 e. The van der Waals surface area contributed by atoms with Crippen LogP contribution in [-0.4, -0.2) is 0 Å². The highest BCUT2D eigenvalue weighted by molar-refractivity contribution is 9.10. The summed E-state index contributed by atoms with van der Waals surface area (Å²) < 4.78 is 14.7. The summed E-state index contributed by atoms with van der Waals surface area (Å²) in [6.45, 7) is 3.91. The summed E-state index contributed by atoms with van der Waals surface area (Å²) in [7, 11) is 0. The van der Waals surface area contributed by atoms with E-state index in [0.717, 1.165) is 15.7 Å². The van der Waals surface area contributed by atoms with Crippen molar-refractivity contribution in [2.24, 2.45) is 0 Å². The van der Waals surface area contributed by atoms with Crippen LogP contribution in [0.5, 0.6) is 0 Å². The van der Waals surface area contributed by atoms with Crippen LogP contribution in [0.2, 0.25) is 5.02 Å². The first-order valence-electron chi connectivity index (χ1n) is 5.95. The first-order chi connectivity index (χ1) is 8.97. The minimum atomic E-state index is -0.220. The molecule has 1 N–H and O–H groups in total. The van der Waals surface area contributed by atoms with E-state index < -0.39 is 0 Å². The molecule has 0 aromatic heterocycles. The molecule has 0 aliphatic rings. The molecule has 0 aliphatic heterocycles. The molecule has 2 aromatic rings. The Bertz CT molecular complexity index is 601. The summed E-state index contributed by atoms with van der Waals surface area (Å²) in [5.74, 6) is -0.220. The van der Waals surface area contributed by atoms with Gasteiger partial charge in [0, 0.05) is 20.7 Å². The van der Waals surface area contributed by atoms with Gasteiger partial charge in [-0.1, -0.05) is 33.6 Å². The lowest BCUT2D eigenvalue weighted by Crippen LogP contribution is -2.09. The number of aryl methyl sites for hydroxylation is 1. The standard InChI is InChI=1S/C15H14BrClFN/c1-9-3-5-12(17)8-15(9)19-10(2)13-7-11(16)4-6-14(13)18/h3-8,10,19H,1-2H3. The zero-order chi connectivity index (χ0) is 14.0. The SMILES string of the molecule is Cc1ccc(Cl)cc1NC(C)c1cc(Br)ccc1F. The van der Waals surface area contributed by atoms with Crippen LogP contribution >= 0.6 is 27.5 Å². The molecule has 19 heavy (non-hydrogen) atoms. The molecule has 0 bridgehead atoms. The lowest BCUT2D eigenvalue weighted by atomic mass is 10.1. The molecule has 1 nitrogen and oxygen atoms in total. The van der Waals surface area contributed by atoms with Crippen molar-refractivity contribution in [2.75, 3.05) is 5.32 Å². The van der Waals surface area contributed by atoms with E-state index in [4.69, 9.17) is 11.6 Å². The molecule has 0 heterocycles. The highest BCUT2D eigenvalue weighted by Crippen LogP contribution is 2.27. The van der Waals surface area contributed by atoms with Gasteiger partial charge < -0.3 is 5.32 Å². The molecule has 0 amide bonds. The van der Waals surface area contributed by atoms with Crippen molar-refractivity contribution in [2.45, 2.75) is 19.9 Å². The molecule has 0 spiro atoms. The van der Waals surface area contributed by atoms with Gasteiger partial charge in [-0.05, 0) is 49.7 Å². The molecule has 100 valence electrons. The average Bonchev–Trinajstić information content (AvgIpc) is 2.36. The summed E-state index contributed by atoms with van der Waals surface area (Å²) in [6.07, 6.45) is 0. The third-order valence-electron chi connectivity index (χ3n) is 3.00. The quantitative estimate of drug-likeness (QED) is 0.752. The number of hydrogen-bond donors (Lipinski definition) is 1. The highest BCUT2D eigenvalue weighted by atomic mass is 79.9. The number of benzene rings is 2. The molecule has 0 fully saturated rings. The maximum atomic E-state index is 13.8. The second kappa shape index (κ2) is 5.93. The summed E-state index contributed by atoms with van der Waals surface area (Å²) in [6, 6.07) is 10.4. The zero-order valence-electron chi connectivity index (χ0n) is 10.7. The van der Waals surface area contributed by atoms with Crippen molar-refractivity contribution in [3.8, 4) is 0 Å². The fourth-order valence-corrected chi connectivity index (χ4v) is 2.46. The molecular formula is C15H14BrClFN. The van der Waals surface area contributed by atoms with Crippen LogP contribution in [0, 0.1) is 12.7 Å². The Morgan fingerprint density at radius 1 is 1.21 bits per heavy atom. The van der Waals surface area contributed by atoms with E-state index in [1.54, 1.807) is 12.1 Å². The van der Waals surface area contributed by atoms with Gasteiger partial charge in [-0.2, -0.15) is 0 Å². The van der Waals surface area contributed by atoms with Gasteiger partial charge in [-0.15, -0.1) is 0 Å². The first kappa shape index (κ1) is 14.4. The van der Waals surface area contributed by atoms with Crippen LogP contribution in [0.1, 0.15) is 24.1 Å². The lowest BCUT2D eigenvalue weighted by molar-refractivity contribution is 0.600. The van der Waals surface area contributed by atoms with Crippen molar-refractivity contribution in [3.63, 3.8) is 0 Å². The van der Waals surface area contributed by atoms with Gasteiger partial charge in [0.2, 0.25) is 0 Å².